The van der Waals surface area contributed by atoms with Crippen LogP contribution in [0.1, 0.15) is 29.3 Å². The molecule has 1 amide bonds. The van der Waals surface area contributed by atoms with Gasteiger partial charge in [0.25, 0.3) is 0 Å². The molecule has 0 aliphatic carbocycles. The maximum atomic E-state index is 11.7. The summed E-state index contributed by atoms with van der Waals surface area (Å²) in [5.41, 5.74) is 3.66. The number of ether oxygens (including phenoxy) is 3. The van der Waals surface area contributed by atoms with Crippen LogP contribution in [0.2, 0.25) is 0 Å². The van der Waals surface area contributed by atoms with Crippen LogP contribution < -0.4 is 19.5 Å². The Morgan fingerprint density at radius 3 is 2.97 bits per heavy atom. The van der Waals surface area contributed by atoms with Crippen LogP contribution in [-0.4, -0.2) is 39.6 Å². The van der Waals surface area contributed by atoms with Gasteiger partial charge in [-0.05, 0) is 48.7 Å². The first-order valence-corrected chi connectivity index (χ1v) is 11.4. The number of anilines is 1. The number of imidazole rings is 1. The highest BCUT2D eigenvalue weighted by Gasteiger charge is 2.25. The zero-order valence-electron chi connectivity index (χ0n) is 19.1. The molecule has 0 radical (unpaired) electrons. The maximum Gasteiger partial charge on any atom is 0.225 e. The predicted octanol–water partition coefficient (Wildman–Crippen LogP) is 4.27. The van der Waals surface area contributed by atoms with Gasteiger partial charge in [0, 0.05) is 36.1 Å². The first kappa shape index (κ1) is 21.2. The van der Waals surface area contributed by atoms with E-state index in [9.17, 15) is 4.79 Å². The van der Waals surface area contributed by atoms with Crippen LogP contribution in [0, 0.1) is 0 Å². The SMILES string of the molecule is COc1cncc(-c2c[nH]c(C3COc4ccc(Oc5ccnc6c5CCC(=O)N6)cc4C3)n2)c1. The average Bonchev–Trinajstić information content (AvgIpc) is 3.39. The van der Waals surface area contributed by atoms with Crippen molar-refractivity contribution in [2.75, 3.05) is 19.0 Å². The van der Waals surface area contributed by atoms with Gasteiger partial charge in [0.15, 0.2) is 0 Å². The minimum absolute atomic E-state index is 0.0251. The molecule has 0 saturated heterocycles. The predicted molar refractivity (Wildman–Crippen MR) is 128 cm³/mol. The van der Waals surface area contributed by atoms with E-state index in [1.165, 1.54) is 0 Å². The summed E-state index contributed by atoms with van der Waals surface area (Å²) in [5.74, 6) is 4.43. The lowest BCUT2D eigenvalue weighted by molar-refractivity contribution is -0.116. The fourth-order valence-corrected chi connectivity index (χ4v) is 4.45. The number of H-pyrrole nitrogens is 1. The van der Waals surface area contributed by atoms with Gasteiger partial charge < -0.3 is 24.5 Å². The van der Waals surface area contributed by atoms with Crippen LogP contribution in [0.4, 0.5) is 5.82 Å². The Morgan fingerprint density at radius 2 is 2.06 bits per heavy atom. The maximum absolute atomic E-state index is 11.7. The van der Waals surface area contributed by atoms with Crippen molar-refractivity contribution in [3.63, 3.8) is 0 Å². The number of nitrogens with one attached hydrogen (secondary N) is 2. The second-order valence-electron chi connectivity index (χ2n) is 8.55. The number of methoxy groups -OCH3 is 1. The van der Waals surface area contributed by atoms with Gasteiger partial charge in [0.2, 0.25) is 5.91 Å². The third kappa shape index (κ3) is 4.16. The Labute approximate surface area is 201 Å². The molecular formula is C26H23N5O4. The summed E-state index contributed by atoms with van der Waals surface area (Å²) in [5, 5.41) is 2.81. The van der Waals surface area contributed by atoms with Gasteiger partial charge in [0.1, 0.15) is 34.6 Å². The molecule has 2 N–H and O–H groups in total. The molecule has 0 fully saturated rings. The molecule has 1 aromatic carbocycles. The van der Waals surface area contributed by atoms with Crippen LogP contribution in [0.15, 0.2) is 55.1 Å². The Bertz CT molecular complexity index is 1420. The van der Waals surface area contributed by atoms with Crippen molar-refractivity contribution < 1.29 is 19.0 Å². The summed E-state index contributed by atoms with van der Waals surface area (Å²) in [6.07, 6.45) is 8.74. The number of hydrogen-bond acceptors (Lipinski definition) is 7. The molecule has 0 spiro atoms. The van der Waals surface area contributed by atoms with Crippen molar-refractivity contribution in [3.8, 4) is 34.3 Å². The Kier molecular flexibility index (Phi) is 5.29. The van der Waals surface area contributed by atoms with Crippen molar-refractivity contribution >= 4 is 11.7 Å². The molecular weight excluding hydrogens is 446 g/mol. The normalized spacial score (nSPS) is 16.5. The van der Waals surface area contributed by atoms with E-state index in [-0.39, 0.29) is 11.8 Å². The van der Waals surface area contributed by atoms with Gasteiger partial charge in [-0.15, -0.1) is 0 Å². The van der Waals surface area contributed by atoms with E-state index in [2.05, 4.69) is 20.3 Å². The van der Waals surface area contributed by atoms with E-state index in [4.69, 9.17) is 19.2 Å². The van der Waals surface area contributed by atoms with Crippen LogP contribution in [0.3, 0.4) is 0 Å². The fraction of sp³-hybridized carbons (Fsp3) is 0.231. The number of rotatable bonds is 5. The third-order valence-electron chi connectivity index (χ3n) is 6.27. The highest BCUT2D eigenvalue weighted by atomic mass is 16.5. The van der Waals surface area contributed by atoms with E-state index in [1.807, 2.05) is 36.5 Å². The highest BCUT2D eigenvalue weighted by molar-refractivity contribution is 5.93. The van der Waals surface area contributed by atoms with Gasteiger partial charge in [-0.25, -0.2) is 9.97 Å². The van der Waals surface area contributed by atoms with E-state index in [0.717, 1.165) is 40.4 Å². The standard InChI is InChI=1S/C26H23N5O4/c1-33-19-10-16(11-27-12-19)21-13-29-25(30-21)17-8-15-9-18(2-4-22(15)34-14-17)35-23-6-7-28-26-20(23)3-5-24(32)31-26/h2,4,6-7,9-13,17H,3,5,8,14H2,1H3,(H,29,30)(H,28,31,32). The summed E-state index contributed by atoms with van der Waals surface area (Å²) < 4.78 is 17.5. The topological polar surface area (TPSA) is 111 Å². The molecule has 176 valence electrons. The van der Waals surface area contributed by atoms with Crippen LogP contribution in [0.5, 0.6) is 23.0 Å². The van der Waals surface area contributed by atoms with Crippen molar-refractivity contribution in [2.24, 2.45) is 0 Å². The zero-order valence-corrected chi connectivity index (χ0v) is 19.1. The van der Waals surface area contributed by atoms with Crippen LogP contribution in [0.25, 0.3) is 11.3 Å². The molecule has 4 aromatic rings. The third-order valence-corrected chi connectivity index (χ3v) is 6.27. The molecule has 0 saturated carbocycles. The minimum Gasteiger partial charge on any atom is -0.495 e. The molecule has 9 heteroatoms. The Balaban J connectivity index is 1.22. The Morgan fingerprint density at radius 1 is 1.11 bits per heavy atom. The number of nitrogens with zero attached hydrogens (tertiary/aromatic N) is 3. The van der Waals surface area contributed by atoms with E-state index in [0.29, 0.717) is 42.5 Å². The van der Waals surface area contributed by atoms with Gasteiger partial charge in [-0.1, -0.05) is 0 Å². The molecule has 1 unspecified atom stereocenters. The molecule has 2 aliphatic heterocycles. The van der Waals surface area contributed by atoms with Crippen molar-refractivity contribution in [2.45, 2.75) is 25.2 Å². The summed E-state index contributed by atoms with van der Waals surface area (Å²) >= 11 is 0. The molecule has 9 nitrogen and oxygen atoms in total. The number of aromatic amines is 1. The van der Waals surface area contributed by atoms with Gasteiger partial charge >= 0.3 is 0 Å². The van der Waals surface area contributed by atoms with Gasteiger partial charge in [-0.3, -0.25) is 9.78 Å². The highest BCUT2D eigenvalue weighted by Crippen LogP contribution is 2.37. The van der Waals surface area contributed by atoms with E-state index < -0.39 is 0 Å². The fourth-order valence-electron chi connectivity index (χ4n) is 4.45. The largest absolute Gasteiger partial charge is 0.495 e. The number of aromatic nitrogens is 4. The van der Waals surface area contributed by atoms with Crippen molar-refractivity contribution in [3.05, 3.63) is 72.1 Å². The number of benzene rings is 1. The Hall–Kier alpha value is -4.40. The lowest BCUT2D eigenvalue weighted by atomic mass is 9.96. The monoisotopic (exact) mass is 469 g/mol. The van der Waals surface area contributed by atoms with Gasteiger partial charge in [0.05, 0.1) is 31.5 Å². The summed E-state index contributed by atoms with van der Waals surface area (Å²) in [6, 6.07) is 9.57. The quantitative estimate of drug-likeness (QED) is 0.449. The number of pyridine rings is 2. The smallest absolute Gasteiger partial charge is 0.225 e. The molecule has 0 bridgehead atoms. The zero-order chi connectivity index (χ0) is 23.8. The molecule has 2 aliphatic rings. The second-order valence-corrected chi connectivity index (χ2v) is 8.55. The van der Waals surface area contributed by atoms with Crippen molar-refractivity contribution in [1.82, 2.24) is 19.9 Å². The molecule has 6 rings (SSSR count). The summed E-state index contributed by atoms with van der Waals surface area (Å²) in [4.78, 5) is 28.3. The number of carbonyl (C=O) groups excluding carboxylic acids is 1. The van der Waals surface area contributed by atoms with Crippen LogP contribution >= 0.6 is 0 Å². The number of hydrogen-bond donors (Lipinski definition) is 2. The van der Waals surface area contributed by atoms with Gasteiger partial charge in [-0.2, -0.15) is 0 Å². The number of amides is 1. The minimum atomic E-state index is -0.0251. The molecule has 35 heavy (non-hydrogen) atoms. The van der Waals surface area contributed by atoms with E-state index >= 15 is 0 Å². The number of fused-ring (bicyclic) bond motifs is 2. The molecule has 3 aromatic heterocycles. The molecule has 1 atom stereocenters. The summed E-state index contributed by atoms with van der Waals surface area (Å²) in [7, 11) is 1.62. The lowest BCUT2D eigenvalue weighted by Crippen LogP contribution is -2.20. The first-order valence-electron chi connectivity index (χ1n) is 11.4. The lowest BCUT2D eigenvalue weighted by Gasteiger charge is -2.25. The second kappa shape index (κ2) is 8.75. The van der Waals surface area contributed by atoms with Crippen LogP contribution in [-0.2, 0) is 17.6 Å². The molecule has 5 heterocycles. The first-order chi connectivity index (χ1) is 17.2. The van der Waals surface area contributed by atoms with Crippen molar-refractivity contribution in [1.29, 1.82) is 0 Å². The number of carbonyl (C=O) groups is 1. The van der Waals surface area contributed by atoms with E-state index in [1.54, 1.807) is 25.7 Å². The average molecular weight is 470 g/mol. The summed E-state index contributed by atoms with van der Waals surface area (Å²) in [6.45, 7) is 0.536.